The van der Waals surface area contributed by atoms with Crippen molar-refractivity contribution in [1.82, 2.24) is 34.6 Å². The number of nitrogens with zero attached hydrogens (tertiary/aromatic N) is 6. The Morgan fingerprint density at radius 3 is 2.55 bits per heavy atom. The summed E-state index contributed by atoms with van der Waals surface area (Å²) in [7, 11) is 2.02. The molecule has 0 unspecified atom stereocenters. The Kier molecular flexibility index (Phi) is 9.56. The fourth-order valence-electron chi connectivity index (χ4n) is 5.17. The first kappa shape index (κ1) is 33.1. The molecular weight excluding hydrogens is 632 g/mol. The summed E-state index contributed by atoms with van der Waals surface area (Å²) < 4.78 is 57.2. The van der Waals surface area contributed by atoms with Crippen molar-refractivity contribution in [3.05, 3.63) is 74.1 Å². The average molecular weight is 663 g/mol. The third-order valence-electron chi connectivity index (χ3n) is 7.41. The van der Waals surface area contributed by atoms with Crippen molar-refractivity contribution in [3.63, 3.8) is 0 Å². The maximum Gasteiger partial charge on any atom is 0.573 e. The van der Waals surface area contributed by atoms with Gasteiger partial charge in [0.05, 0.1) is 30.2 Å². The molecule has 0 saturated carbocycles. The number of ether oxygens (including phenoxy) is 1. The zero-order chi connectivity index (χ0) is 33.9. The third-order valence-corrected chi connectivity index (χ3v) is 7.41. The summed E-state index contributed by atoms with van der Waals surface area (Å²) in [5.41, 5.74) is 7.08. The number of aromatic amines is 2. The summed E-state index contributed by atoms with van der Waals surface area (Å²) in [6.45, 7) is 2.99. The number of carbonyl (C=O) groups excluding carboxylic acids is 1. The second-order valence-electron chi connectivity index (χ2n) is 10.6. The molecule has 0 atom stereocenters. The van der Waals surface area contributed by atoms with Crippen molar-refractivity contribution in [2.75, 3.05) is 50.1 Å². The predicted octanol–water partition coefficient (Wildman–Crippen LogP) is 1.13. The number of likely N-dealkylation sites (N-methyl/N-ethyl adjacent to an activating group) is 1. The van der Waals surface area contributed by atoms with Crippen molar-refractivity contribution in [3.8, 4) is 17.1 Å². The first-order chi connectivity index (χ1) is 22.3. The van der Waals surface area contributed by atoms with Gasteiger partial charge in [0, 0.05) is 49.8 Å². The number of aliphatic hydroxyl groups excluding tert-OH is 1. The van der Waals surface area contributed by atoms with Gasteiger partial charge >= 0.3 is 12.1 Å². The number of anilines is 3. The van der Waals surface area contributed by atoms with Crippen LogP contribution in [-0.2, 0) is 19.4 Å². The number of H-pyrrole nitrogens is 2. The van der Waals surface area contributed by atoms with Gasteiger partial charge in [-0.3, -0.25) is 19.3 Å². The zero-order valence-electron chi connectivity index (χ0n) is 24.9. The van der Waals surface area contributed by atoms with Crippen LogP contribution >= 0.6 is 0 Å². The number of aliphatic hydroxyl groups is 1. The number of nitrogens with two attached hydrogens (primary N) is 1. The van der Waals surface area contributed by atoms with E-state index in [-0.39, 0.29) is 30.5 Å². The average Bonchev–Trinajstić information content (AvgIpc) is 3.39. The summed E-state index contributed by atoms with van der Waals surface area (Å²) in [4.78, 5) is 49.1. The van der Waals surface area contributed by atoms with Crippen LogP contribution in [0.5, 0.6) is 5.75 Å². The van der Waals surface area contributed by atoms with Gasteiger partial charge in [-0.05, 0) is 43.7 Å². The van der Waals surface area contributed by atoms with E-state index in [1.165, 1.54) is 10.7 Å². The van der Waals surface area contributed by atoms with E-state index in [9.17, 15) is 37.1 Å². The van der Waals surface area contributed by atoms with E-state index in [0.29, 0.717) is 36.0 Å². The number of halogens is 4. The largest absolute Gasteiger partial charge is 0.573 e. The van der Waals surface area contributed by atoms with Gasteiger partial charge in [-0.1, -0.05) is 0 Å². The lowest BCUT2D eigenvalue weighted by molar-refractivity contribution is -0.274. The monoisotopic (exact) mass is 662 g/mol. The maximum absolute atomic E-state index is 13.2. The minimum absolute atomic E-state index is 0.0384. The molecule has 0 spiro atoms. The number of rotatable bonds is 7. The van der Waals surface area contributed by atoms with Crippen LogP contribution in [0, 0.1) is 5.82 Å². The number of benzene rings is 1. The van der Waals surface area contributed by atoms with Gasteiger partial charge in [-0.25, -0.2) is 14.8 Å². The van der Waals surface area contributed by atoms with E-state index in [0.717, 1.165) is 37.4 Å². The number of piperazine rings is 1. The molecule has 19 heteroatoms. The number of aryl methyl sites for hydroxylation is 1. The number of primary amides is 1. The highest BCUT2D eigenvalue weighted by molar-refractivity contribution is 5.94. The Balaban J connectivity index is 0.000000417. The van der Waals surface area contributed by atoms with Crippen LogP contribution < -0.4 is 31.9 Å². The zero-order valence-corrected chi connectivity index (χ0v) is 24.9. The molecule has 6 N–H and O–H groups in total. The lowest BCUT2D eigenvalue weighted by Gasteiger charge is -2.34. The Morgan fingerprint density at radius 1 is 1.17 bits per heavy atom. The van der Waals surface area contributed by atoms with Crippen LogP contribution in [0.2, 0.25) is 0 Å². The smallest absolute Gasteiger partial charge is 0.404 e. The number of amides is 1. The topological polar surface area (TPSA) is 200 Å². The molecule has 6 rings (SSSR count). The van der Waals surface area contributed by atoms with Gasteiger partial charge in [0.25, 0.3) is 11.5 Å². The van der Waals surface area contributed by atoms with Crippen LogP contribution in [0.25, 0.3) is 11.4 Å². The van der Waals surface area contributed by atoms with Crippen LogP contribution in [-0.4, -0.2) is 91.8 Å². The van der Waals surface area contributed by atoms with Crippen molar-refractivity contribution in [2.24, 2.45) is 5.73 Å². The molecule has 1 aliphatic carbocycles. The van der Waals surface area contributed by atoms with E-state index >= 15 is 0 Å². The van der Waals surface area contributed by atoms with E-state index in [4.69, 9.17) is 5.73 Å². The van der Waals surface area contributed by atoms with E-state index in [2.05, 4.69) is 34.9 Å². The number of alkyl halides is 3. The first-order valence-corrected chi connectivity index (χ1v) is 14.3. The molecule has 0 bridgehead atoms. The highest BCUT2D eigenvalue weighted by atomic mass is 19.4. The number of hydrogen-bond donors (Lipinski definition) is 5. The normalized spacial score (nSPS) is 14.5. The van der Waals surface area contributed by atoms with E-state index in [1.54, 1.807) is 23.3 Å². The molecule has 1 saturated heterocycles. The summed E-state index contributed by atoms with van der Waals surface area (Å²) in [6, 6.07) is 4.45. The van der Waals surface area contributed by atoms with E-state index < -0.39 is 35.1 Å². The summed E-state index contributed by atoms with van der Waals surface area (Å²) in [5, 5.41) is 16.7. The second kappa shape index (κ2) is 13.6. The second-order valence-corrected chi connectivity index (χ2v) is 10.6. The molecule has 15 nitrogen and oxygen atoms in total. The third kappa shape index (κ3) is 7.75. The van der Waals surface area contributed by atoms with Crippen LogP contribution in [0.1, 0.15) is 21.6 Å². The predicted molar refractivity (Wildman–Crippen MR) is 160 cm³/mol. The Labute approximate surface area is 263 Å². The van der Waals surface area contributed by atoms with Crippen LogP contribution in [0.15, 0.2) is 40.2 Å². The molecule has 4 heterocycles. The van der Waals surface area contributed by atoms with Crippen molar-refractivity contribution < 1.29 is 32.2 Å². The van der Waals surface area contributed by atoms with Crippen LogP contribution in [0.4, 0.5) is 34.9 Å². The molecule has 1 amide bonds. The molecule has 1 aromatic carbocycles. The van der Waals surface area contributed by atoms with Gasteiger partial charge in [-0.15, -0.1) is 13.2 Å². The SMILES string of the molecule is CN1CCN(c2ccc(OC(F)(F)F)c(Nc3ncc4c(n3)-c3c(c(C(N)=O)nn3CCO)CC4)c2)CC1.O=c1[nH]cc(F)c(=O)[nH]1. The number of nitrogens with one attached hydrogen (secondary N) is 3. The molecule has 0 radical (unpaired) electrons. The molecule has 2 aliphatic rings. The van der Waals surface area contributed by atoms with Gasteiger partial charge in [0.1, 0.15) is 0 Å². The number of hydrogen-bond acceptors (Lipinski definition) is 11. The maximum atomic E-state index is 13.2. The Hall–Kier alpha value is -5.30. The minimum atomic E-state index is -4.89. The van der Waals surface area contributed by atoms with Gasteiger partial charge < -0.3 is 35.7 Å². The summed E-state index contributed by atoms with van der Waals surface area (Å²) in [5.74, 6) is -2.06. The minimum Gasteiger partial charge on any atom is -0.404 e. The fourth-order valence-corrected chi connectivity index (χ4v) is 5.17. The molecular formula is C28H30F4N10O5. The Bertz CT molecular complexity index is 1880. The highest BCUT2D eigenvalue weighted by Gasteiger charge is 2.33. The van der Waals surface area contributed by atoms with Gasteiger partial charge in [-0.2, -0.15) is 9.49 Å². The quantitative estimate of drug-likeness (QED) is 0.178. The summed E-state index contributed by atoms with van der Waals surface area (Å²) in [6.07, 6.45) is -1.59. The first-order valence-electron chi connectivity index (χ1n) is 14.3. The fraction of sp³-hybridized carbons (Fsp3) is 0.357. The standard InChI is InChI=1S/C24H27F3N8O3.C4H3FN2O2/c1-33-6-8-34(9-7-33)15-3-5-18(38-24(25,26)27)17(12-15)30-23-29-13-14-2-4-16-20(22(28)37)32-35(10-11-36)21(16)19(14)31-23;5-2-1-6-4(9)7-3(2)8/h3,5,12-13,36H,2,4,6-11H2,1H3,(H2,28,37)(H,29,30,31);1H,(H2,6,7,8,9). The molecule has 1 aliphatic heterocycles. The molecule has 3 aromatic heterocycles. The van der Waals surface area contributed by atoms with Crippen molar-refractivity contribution in [2.45, 2.75) is 25.7 Å². The molecule has 47 heavy (non-hydrogen) atoms. The van der Waals surface area contributed by atoms with Gasteiger partial charge in [0.15, 0.2) is 11.4 Å². The Morgan fingerprint density at radius 2 is 1.91 bits per heavy atom. The molecule has 4 aromatic rings. The highest BCUT2D eigenvalue weighted by Crippen LogP contribution is 2.38. The number of aromatic nitrogens is 6. The lowest BCUT2D eigenvalue weighted by atomic mass is 9.93. The lowest BCUT2D eigenvalue weighted by Crippen LogP contribution is -2.44. The number of carbonyl (C=O) groups is 1. The van der Waals surface area contributed by atoms with E-state index in [1.807, 2.05) is 12.0 Å². The summed E-state index contributed by atoms with van der Waals surface area (Å²) >= 11 is 0. The molecule has 250 valence electrons. The van der Waals surface area contributed by atoms with Crippen molar-refractivity contribution >= 4 is 23.2 Å². The van der Waals surface area contributed by atoms with Gasteiger partial charge in [0.2, 0.25) is 11.8 Å². The number of fused-ring (bicyclic) bond motifs is 3. The van der Waals surface area contributed by atoms with Crippen LogP contribution in [0.3, 0.4) is 0 Å². The van der Waals surface area contributed by atoms with Crippen molar-refractivity contribution in [1.29, 1.82) is 0 Å². The molecule has 1 fully saturated rings.